The van der Waals surface area contributed by atoms with Gasteiger partial charge in [0.1, 0.15) is 5.75 Å². The molecular weight excluding hydrogens is 509 g/mol. The van der Waals surface area contributed by atoms with E-state index in [-0.39, 0.29) is 25.4 Å². The highest BCUT2D eigenvalue weighted by atomic mass is 19.4. The van der Waals surface area contributed by atoms with Crippen LogP contribution in [0.4, 0.5) is 13.2 Å². The number of unbranched alkanes of at least 4 members (excludes halogenated alkanes) is 3. The minimum atomic E-state index is -4.40. The van der Waals surface area contributed by atoms with Gasteiger partial charge in [0, 0.05) is 29.8 Å². The number of aryl methyl sites for hydroxylation is 3. The monoisotopic (exact) mass is 544 g/mol. The number of hydrogen-bond acceptors (Lipinski definition) is 5. The van der Waals surface area contributed by atoms with Gasteiger partial charge in [-0.2, -0.15) is 18.3 Å². The van der Waals surface area contributed by atoms with Crippen LogP contribution < -0.4 is 4.74 Å². The van der Waals surface area contributed by atoms with Crippen molar-refractivity contribution in [1.82, 2.24) is 9.78 Å². The van der Waals surface area contributed by atoms with E-state index in [1.165, 1.54) is 12.1 Å². The molecule has 6 nitrogen and oxygen atoms in total. The third kappa shape index (κ3) is 8.70. The summed E-state index contributed by atoms with van der Waals surface area (Å²) in [5, 5.41) is 4.66. The topological polar surface area (TPSA) is 70.4 Å². The second-order valence-electron chi connectivity index (χ2n) is 9.38. The van der Waals surface area contributed by atoms with Crippen LogP contribution in [0.2, 0.25) is 0 Å². The second-order valence-corrected chi connectivity index (χ2v) is 9.38. The lowest BCUT2D eigenvalue weighted by atomic mass is 10.0. The van der Waals surface area contributed by atoms with E-state index in [9.17, 15) is 22.8 Å². The summed E-state index contributed by atoms with van der Waals surface area (Å²) in [5.41, 5.74) is 2.60. The number of hydrogen-bond donors (Lipinski definition) is 0. The Kier molecular flexibility index (Phi) is 10.7. The van der Waals surface area contributed by atoms with Gasteiger partial charge in [-0.25, -0.2) is 4.79 Å². The van der Waals surface area contributed by atoms with E-state index in [1.54, 1.807) is 32.0 Å². The summed E-state index contributed by atoms with van der Waals surface area (Å²) < 4.78 is 51.2. The minimum Gasteiger partial charge on any atom is -0.482 e. The van der Waals surface area contributed by atoms with Crippen LogP contribution in [-0.4, -0.2) is 34.7 Å². The molecule has 0 aliphatic rings. The third-order valence-corrected chi connectivity index (χ3v) is 6.35. The number of carbonyl (C=O) groups excluding carboxylic acids is 2. The molecule has 0 fully saturated rings. The number of ether oxygens (including phenoxy) is 2. The van der Waals surface area contributed by atoms with Gasteiger partial charge in [0.25, 0.3) is 0 Å². The molecule has 0 aliphatic carbocycles. The van der Waals surface area contributed by atoms with Gasteiger partial charge in [-0.15, -0.1) is 0 Å². The lowest BCUT2D eigenvalue weighted by molar-refractivity contribution is -0.145. The Labute approximate surface area is 227 Å². The summed E-state index contributed by atoms with van der Waals surface area (Å²) in [5.74, 6) is -0.00480. The Morgan fingerprint density at radius 3 is 2.36 bits per heavy atom. The average Bonchev–Trinajstić information content (AvgIpc) is 3.31. The largest absolute Gasteiger partial charge is 0.482 e. The highest BCUT2D eigenvalue weighted by Crippen LogP contribution is 2.31. The Bertz CT molecular complexity index is 1250. The predicted octanol–water partition coefficient (Wildman–Crippen LogP) is 7.22. The lowest BCUT2D eigenvalue weighted by Gasteiger charge is -2.10. The Morgan fingerprint density at radius 1 is 0.974 bits per heavy atom. The Morgan fingerprint density at radius 2 is 1.72 bits per heavy atom. The van der Waals surface area contributed by atoms with Crippen molar-refractivity contribution in [3.8, 4) is 17.0 Å². The molecule has 9 heteroatoms. The predicted molar refractivity (Wildman–Crippen MR) is 143 cm³/mol. The fraction of sp³-hybridized carbons (Fsp3) is 0.433. The van der Waals surface area contributed by atoms with Gasteiger partial charge in [0.15, 0.2) is 12.4 Å². The van der Waals surface area contributed by atoms with Gasteiger partial charge in [0.05, 0.1) is 17.9 Å². The van der Waals surface area contributed by atoms with E-state index in [1.807, 2.05) is 10.7 Å². The molecule has 3 rings (SSSR count). The SMILES string of the molecule is CCCCCCn1nc(-c2ccc(C(F)(F)F)cc2)cc1CCC(=O)c1ccc(OCC(=O)OCC)c(C)c1. The number of aromatic nitrogens is 2. The second kappa shape index (κ2) is 14.0. The van der Waals surface area contributed by atoms with E-state index in [2.05, 4.69) is 12.0 Å². The molecule has 2 aromatic carbocycles. The average molecular weight is 545 g/mol. The minimum absolute atomic E-state index is 0.0511. The number of ketones is 1. The summed E-state index contributed by atoms with van der Waals surface area (Å²) in [6, 6.07) is 11.9. The maximum Gasteiger partial charge on any atom is 0.416 e. The van der Waals surface area contributed by atoms with Crippen molar-refractivity contribution in [2.45, 2.75) is 72.0 Å². The van der Waals surface area contributed by atoms with Gasteiger partial charge in [0.2, 0.25) is 0 Å². The van der Waals surface area contributed by atoms with E-state index >= 15 is 0 Å². The van der Waals surface area contributed by atoms with Crippen molar-refractivity contribution in [3.05, 3.63) is 70.9 Å². The maximum absolute atomic E-state index is 13.0. The van der Waals surface area contributed by atoms with E-state index < -0.39 is 17.7 Å². The number of benzene rings is 2. The number of Topliss-reactive ketones (excluding diaryl/α,β-unsaturated/α-hetero) is 1. The van der Waals surface area contributed by atoms with Crippen LogP contribution in [0.25, 0.3) is 11.3 Å². The summed E-state index contributed by atoms with van der Waals surface area (Å²) in [6.07, 6.45) is 0.481. The van der Waals surface area contributed by atoms with Crippen LogP contribution in [0.3, 0.4) is 0 Å². The number of carbonyl (C=O) groups is 2. The van der Waals surface area contributed by atoms with E-state index in [0.29, 0.717) is 35.5 Å². The van der Waals surface area contributed by atoms with Crippen LogP contribution in [0.5, 0.6) is 5.75 Å². The molecule has 0 radical (unpaired) electrons. The van der Waals surface area contributed by atoms with E-state index in [0.717, 1.165) is 49.1 Å². The Hall–Kier alpha value is -3.62. The highest BCUT2D eigenvalue weighted by Gasteiger charge is 2.30. The van der Waals surface area contributed by atoms with Crippen molar-refractivity contribution in [2.75, 3.05) is 13.2 Å². The first kappa shape index (κ1) is 29.9. The van der Waals surface area contributed by atoms with Crippen LogP contribution in [0, 0.1) is 6.92 Å². The highest BCUT2D eigenvalue weighted by molar-refractivity contribution is 5.96. The van der Waals surface area contributed by atoms with Crippen LogP contribution in [-0.2, 0) is 28.7 Å². The van der Waals surface area contributed by atoms with Gasteiger partial charge >= 0.3 is 12.1 Å². The Balaban J connectivity index is 1.71. The molecule has 0 spiro atoms. The first-order valence-corrected chi connectivity index (χ1v) is 13.3. The first-order valence-electron chi connectivity index (χ1n) is 13.3. The fourth-order valence-electron chi connectivity index (χ4n) is 4.22. The summed E-state index contributed by atoms with van der Waals surface area (Å²) in [6.45, 7) is 6.41. The number of halogens is 3. The summed E-state index contributed by atoms with van der Waals surface area (Å²) >= 11 is 0. The summed E-state index contributed by atoms with van der Waals surface area (Å²) in [4.78, 5) is 24.5. The smallest absolute Gasteiger partial charge is 0.416 e. The zero-order valence-corrected chi connectivity index (χ0v) is 22.6. The van der Waals surface area contributed by atoms with Gasteiger partial charge in [-0.3, -0.25) is 9.48 Å². The molecule has 0 amide bonds. The van der Waals surface area contributed by atoms with Crippen molar-refractivity contribution >= 4 is 11.8 Å². The number of alkyl halides is 3. The first-order chi connectivity index (χ1) is 18.6. The molecule has 210 valence electrons. The molecule has 3 aromatic rings. The van der Waals surface area contributed by atoms with Crippen molar-refractivity contribution in [2.24, 2.45) is 0 Å². The number of rotatable bonds is 14. The van der Waals surface area contributed by atoms with Gasteiger partial charge < -0.3 is 9.47 Å². The van der Waals surface area contributed by atoms with Crippen LogP contribution >= 0.6 is 0 Å². The normalized spacial score (nSPS) is 11.4. The lowest BCUT2D eigenvalue weighted by Crippen LogP contribution is -2.15. The number of nitrogens with zero attached hydrogens (tertiary/aromatic N) is 2. The maximum atomic E-state index is 13.0. The van der Waals surface area contributed by atoms with Crippen molar-refractivity contribution < 1.29 is 32.2 Å². The van der Waals surface area contributed by atoms with Crippen LogP contribution in [0.15, 0.2) is 48.5 Å². The van der Waals surface area contributed by atoms with Crippen LogP contribution in [0.1, 0.15) is 73.1 Å². The molecule has 0 aliphatic heterocycles. The molecular formula is C30H35F3N2O4. The quantitative estimate of drug-likeness (QED) is 0.122. The molecule has 0 atom stereocenters. The molecule has 0 unspecified atom stereocenters. The van der Waals surface area contributed by atoms with Gasteiger partial charge in [-0.1, -0.05) is 38.3 Å². The molecule has 0 bridgehead atoms. The molecule has 0 N–H and O–H groups in total. The summed E-state index contributed by atoms with van der Waals surface area (Å²) in [7, 11) is 0. The zero-order chi connectivity index (χ0) is 28.4. The number of esters is 1. The van der Waals surface area contributed by atoms with E-state index in [4.69, 9.17) is 9.47 Å². The van der Waals surface area contributed by atoms with Crippen molar-refractivity contribution in [1.29, 1.82) is 0 Å². The zero-order valence-electron chi connectivity index (χ0n) is 22.6. The standard InChI is InChI=1S/C30H35F3N2O4/c1-4-6-7-8-17-35-25(19-26(34-35)22-9-12-24(13-10-22)30(31,32)33)14-15-27(36)23-11-16-28(21(3)18-23)39-20-29(37)38-5-2/h9-13,16,18-19H,4-8,14-15,17,20H2,1-3H3. The molecule has 0 saturated carbocycles. The fourth-order valence-corrected chi connectivity index (χ4v) is 4.22. The van der Waals surface area contributed by atoms with Crippen molar-refractivity contribution in [3.63, 3.8) is 0 Å². The molecule has 1 aromatic heterocycles. The van der Waals surface area contributed by atoms with Gasteiger partial charge in [-0.05, 0) is 68.7 Å². The third-order valence-electron chi connectivity index (χ3n) is 6.35. The molecule has 1 heterocycles. The molecule has 39 heavy (non-hydrogen) atoms. The molecule has 0 saturated heterocycles.